The standard InChI is InChI=1S/C31H30N2O5S/c1-37-27-18-22(14-17-26(27)38-20-21-12-15-23(16-13-21)30(35)36)19-28-29(34)33(25-10-6-3-7-11-25)31(39-28)32-24-8-4-2-5-9-24/h2,4-5,8-9,12-19,25H,3,6-7,10-11,20H2,1H3,(H,35,36)/b28-19+,32-31?. The molecule has 0 aromatic heterocycles. The zero-order valence-corrected chi connectivity index (χ0v) is 22.5. The molecule has 7 nitrogen and oxygen atoms in total. The van der Waals surface area contributed by atoms with Gasteiger partial charge >= 0.3 is 5.97 Å². The number of hydrogen-bond donors (Lipinski definition) is 1. The lowest BCUT2D eigenvalue weighted by Gasteiger charge is -2.30. The van der Waals surface area contributed by atoms with E-state index < -0.39 is 5.97 Å². The molecule has 0 radical (unpaired) electrons. The predicted octanol–water partition coefficient (Wildman–Crippen LogP) is 6.91. The highest BCUT2D eigenvalue weighted by molar-refractivity contribution is 8.18. The highest BCUT2D eigenvalue weighted by Crippen LogP contribution is 2.39. The van der Waals surface area contributed by atoms with Gasteiger partial charge in [-0.15, -0.1) is 0 Å². The van der Waals surface area contributed by atoms with Crippen LogP contribution in [0.5, 0.6) is 11.5 Å². The second kappa shape index (κ2) is 12.2. The smallest absolute Gasteiger partial charge is 0.335 e. The first kappa shape index (κ1) is 26.6. The molecule has 1 heterocycles. The number of nitrogens with zero attached hydrogens (tertiary/aromatic N) is 2. The van der Waals surface area contributed by atoms with Crippen molar-refractivity contribution in [2.45, 2.75) is 44.8 Å². The first-order chi connectivity index (χ1) is 19.0. The lowest BCUT2D eigenvalue weighted by Crippen LogP contribution is -2.40. The molecule has 1 saturated carbocycles. The number of carbonyl (C=O) groups excluding carboxylic acids is 1. The number of carboxylic acids is 1. The molecule has 3 aromatic carbocycles. The van der Waals surface area contributed by atoms with Gasteiger partial charge in [-0.1, -0.05) is 55.7 Å². The van der Waals surface area contributed by atoms with E-state index in [1.54, 1.807) is 31.4 Å². The van der Waals surface area contributed by atoms with Gasteiger partial charge in [0.2, 0.25) is 0 Å². The zero-order chi connectivity index (χ0) is 27.2. The van der Waals surface area contributed by atoms with Crippen LogP contribution < -0.4 is 9.47 Å². The van der Waals surface area contributed by atoms with Crippen LogP contribution >= 0.6 is 11.8 Å². The Morgan fingerprint density at radius 3 is 2.46 bits per heavy atom. The van der Waals surface area contributed by atoms with Crippen molar-refractivity contribution >= 4 is 40.6 Å². The molecule has 1 aliphatic heterocycles. The van der Waals surface area contributed by atoms with Crippen LogP contribution in [0.15, 0.2) is 82.7 Å². The van der Waals surface area contributed by atoms with Gasteiger partial charge in [-0.3, -0.25) is 9.69 Å². The molecule has 200 valence electrons. The van der Waals surface area contributed by atoms with Gasteiger partial charge in [-0.05, 0) is 78.2 Å². The molecule has 1 saturated heterocycles. The summed E-state index contributed by atoms with van der Waals surface area (Å²) in [4.78, 5) is 32.1. The Morgan fingerprint density at radius 2 is 1.77 bits per heavy atom. The predicted molar refractivity (Wildman–Crippen MR) is 154 cm³/mol. The Bertz CT molecular complexity index is 1400. The first-order valence-corrected chi connectivity index (χ1v) is 13.8. The number of methoxy groups -OCH3 is 1. The number of hydrogen-bond acceptors (Lipinski definition) is 6. The third kappa shape index (κ3) is 6.34. The van der Waals surface area contributed by atoms with E-state index in [-0.39, 0.29) is 24.1 Å². The van der Waals surface area contributed by atoms with Crippen molar-refractivity contribution in [3.8, 4) is 11.5 Å². The Hall–Kier alpha value is -4.04. The summed E-state index contributed by atoms with van der Waals surface area (Å²) >= 11 is 1.41. The molecule has 0 unspecified atom stereocenters. The minimum atomic E-state index is -0.965. The topological polar surface area (TPSA) is 88.4 Å². The van der Waals surface area contributed by atoms with Gasteiger partial charge in [0.1, 0.15) is 6.61 Å². The minimum absolute atomic E-state index is 0.00863. The number of rotatable bonds is 8. The SMILES string of the molecule is COc1cc(/C=C2/SC(=Nc3ccccc3)N(C3CCCCC3)C2=O)ccc1OCc1ccc(C(=O)O)cc1. The van der Waals surface area contributed by atoms with Crippen molar-refractivity contribution in [3.63, 3.8) is 0 Å². The lowest BCUT2D eigenvalue weighted by molar-refractivity contribution is -0.124. The molecular formula is C31H30N2O5S. The van der Waals surface area contributed by atoms with Crippen molar-refractivity contribution in [2.24, 2.45) is 4.99 Å². The molecule has 1 N–H and O–H groups in total. The highest BCUT2D eigenvalue weighted by Gasteiger charge is 2.38. The van der Waals surface area contributed by atoms with Gasteiger partial charge in [-0.25, -0.2) is 9.79 Å². The van der Waals surface area contributed by atoms with Crippen LogP contribution in [-0.2, 0) is 11.4 Å². The number of benzene rings is 3. The number of para-hydroxylation sites is 1. The molecular weight excluding hydrogens is 512 g/mol. The number of carboxylic acid groups (broad SMARTS) is 1. The Labute approximate surface area is 232 Å². The van der Waals surface area contributed by atoms with Crippen LogP contribution in [-0.4, -0.2) is 40.2 Å². The van der Waals surface area contributed by atoms with Crippen molar-refractivity contribution in [1.82, 2.24) is 4.90 Å². The Morgan fingerprint density at radius 1 is 1.03 bits per heavy atom. The minimum Gasteiger partial charge on any atom is -0.493 e. The van der Waals surface area contributed by atoms with Crippen molar-refractivity contribution < 1.29 is 24.2 Å². The summed E-state index contributed by atoms with van der Waals surface area (Å²) in [7, 11) is 1.58. The fraction of sp³-hybridized carbons (Fsp3) is 0.258. The van der Waals surface area contributed by atoms with Gasteiger partial charge < -0.3 is 14.6 Å². The van der Waals surface area contributed by atoms with Gasteiger partial charge in [0, 0.05) is 6.04 Å². The summed E-state index contributed by atoms with van der Waals surface area (Å²) < 4.78 is 11.5. The maximum Gasteiger partial charge on any atom is 0.335 e. The summed E-state index contributed by atoms with van der Waals surface area (Å²) in [5, 5.41) is 9.80. The monoisotopic (exact) mass is 542 g/mol. The molecule has 8 heteroatoms. The Kier molecular flexibility index (Phi) is 8.32. The van der Waals surface area contributed by atoms with Crippen LogP contribution in [0.1, 0.15) is 53.6 Å². The average molecular weight is 543 g/mol. The van der Waals surface area contributed by atoms with Crippen molar-refractivity contribution in [2.75, 3.05) is 7.11 Å². The number of carbonyl (C=O) groups is 2. The maximum absolute atomic E-state index is 13.6. The molecule has 2 fully saturated rings. The molecule has 0 bridgehead atoms. The van der Waals surface area contributed by atoms with Crippen LogP contribution in [0.25, 0.3) is 6.08 Å². The molecule has 1 amide bonds. The largest absolute Gasteiger partial charge is 0.493 e. The number of ether oxygens (including phenoxy) is 2. The van der Waals surface area contributed by atoms with Gasteiger partial charge in [0.25, 0.3) is 5.91 Å². The van der Waals surface area contributed by atoms with Crippen LogP contribution in [0.3, 0.4) is 0 Å². The number of aliphatic imine (C=N–C) groups is 1. The summed E-state index contributed by atoms with van der Waals surface area (Å²) in [5.74, 6) is 0.130. The maximum atomic E-state index is 13.6. The van der Waals surface area contributed by atoms with E-state index in [2.05, 4.69) is 0 Å². The molecule has 3 aromatic rings. The summed E-state index contributed by atoms with van der Waals surface area (Å²) in [6.45, 7) is 0.265. The second-order valence-corrected chi connectivity index (χ2v) is 10.5. The molecule has 0 atom stereocenters. The van der Waals surface area contributed by atoms with E-state index in [0.29, 0.717) is 16.4 Å². The number of thioether (sulfide) groups is 1. The van der Waals surface area contributed by atoms with E-state index in [9.17, 15) is 9.59 Å². The molecule has 0 spiro atoms. The number of amides is 1. The van der Waals surface area contributed by atoms with Gasteiger partial charge in [0.05, 0.1) is 23.3 Å². The molecule has 5 rings (SSSR count). The van der Waals surface area contributed by atoms with E-state index in [1.807, 2.05) is 59.5 Å². The third-order valence-electron chi connectivity index (χ3n) is 6.84. The fourth-order valence-corrected chi connectivity index (χ4v) is 5.85. The van der Waals surface area contributed by atoms with Crippen LogP contribution in [0.2, 0.25) is 0 Å². The number of aromatic carboxylic acids is 1. The highest BCUT2D eigenvalue weighted by atomic mass is 32.2. The normalized spacial score (nSPS) is 18.1. The van der Waals surface area contributed by atoms with E-state index in [1.165, 1.54) is 18.2 Å². The van der Waals surface area contributed by atoms with Crippen molar-refractivity contribution in [3.05, 3.63) is 94.4 Å². The van der Waals surface area contributed by atoms with Gasteiger partial charge in [0.15, 0.2) is 16.7 Å². The van der Waals surface area contributed by atoms with E-state index in [0.717, 1.165) is 47.7 Å². The van der Waals surface area contributed by atoms with E-state index in [4.69, 9.17) is 19.6 Å². The van der Waals surface area contributed by atoms with Crippen molar-refractivity contribution in [1.29, 1.82) is 0 Å². The molecule has 2 aliphatic rings. The van der Waals surface area contributed by atoms with E-state index >= 15 is 0 Å². The second-order valence-electron chi connectivity index (χ2n) is 9.51. The van der Waals surface area contributed by atoms with Crippen LogP contribution in [0.4, 0.5) is 5.69 Å². The zero-order valence-electron chi connectivity index (χ0n) is 21.7. The quantitative estimate of drug-likeness (QED) is 0.311. The molecule has 39 heavy (non-hydrogen) atoms. The fourth-order valence-electron chi connectivity index (χ4n) is 4.79. The van der Waals surface area contributed by atoms with Gasteiger partial charge in [-0.2, -0.15) is 0 Å². The summed E-state index contributed by atoms with van der Waals surface area (Å²) in [6, 6.07) is 22.0. The first-order valence-electron chi connectivity index (χ1n) is 13.0. The van der Waals surface area contributed by atoms with Crippen LogP contribution in [0, 0.1) is 0 Å². The third-order valence-corrected chi connectivity index (χ3v) is 7.82. The molecule has 1 aliphatic carbocycles. The average Bonchev–Trinajstić information content (AvgIpc) is 3.27. The summed E-state index contributed by atoms with van der Waals surface area (Å²) in [6.07, 6.45) is 7.32. The lowest BCUT2D eigenvalue weighted by atomic mass is 9.94. The Balaban J connectivity index is 1.36. The number of amidine groups is 1. The summed E-state index contributed by atoms with van der Waals surface area (Å²) in [5.41, 5.74) is 2.72.